The fourth-order valence-corrected chi connectivity index (χ4v) is 1.72. The molecule has 0 aliphatic heterocycles. The molecule has 0 saturated carbocycles. The van der Waals surface area contributed by atoms with Gasteiger partial charge in [0, 0.05) is 24.2 Å². The summed E-state index contributed by atoms with van der Waals surface area (Å²) in [4.78, 5) is 35.7. The second kappa shape index (κ2) is 7.28. The number of carbonyl (C=O) groups is 3. The number of rotatable bonds is 6. The van der Waals surface area contributed by atoms with E-state index < -0.39 is 18.4 Å². The molecule has 2 amide bonds. The fourth-order valence-electron chi connectivity index (χ4n) is 1.72. The number of benzene rings is 1. The lowest BCUT2D eigenvalue weighted by atomic mass is 10.1. The van der Waals surface area contributed by atoms with Gasteiger partial charge in [0.2, 0.25) is 0 Å². The average Bonchev–Trinajstić information content (AvgIpc) is 2.46. The van der Waals surface area contributed by atoms with Gasteiger partial charge in [-0.2, -0.15) is 0 Å². The summed E-state index contributed by atoms with van der Waals surface area (Å²) in [7, 11) is 0. The standard InChI is InChI=1S/C14H18N2O4/c1-3-16(4-2)14(20)11-7-5-10(6-8-11)13(19)15-9-12(17)18/h5-8H,3-4,9H2,1-2H3,(H,15,19)(H,17,18). The summed E-state index contributed by atoms with van der Waals surface area (Å²) in [6, 6.07) is 6.15. The highest BCUT2D eigenvalue weighted by atomic mass is 16.4. The molecule has 108 valence electrons. The van der Waals surface area contributed by atoms with Crippen molar-refractivity contribution in [2.24, 2.45) is 0 Å². The van der Waals surface area contributed by atoms with Gasteiger partial charge in [-0.3, -0.25) is 14.4 Å². The summed E-state index contributed by atoms with van der Waals surface area (Å²) in [6.45, 7) is 4.61. The SMILES string of the molecule is CCN(CC)C(=O)c1ccc(C(=O)NCC(=O)O)cc1. The van der Waals surface area contributed by atoms with Crippen LogP contribution in [0.1, 0.15) is 34.6 Å². The summed E-state index contributed by atoms with van der Waals surface area (Å²) in [6.07, 6.45) is 0. The zero-order valence-electron chi connectivity index (χ0n) is 11.5. The zero-order chi connectivity index (χ0) is 15.1. The van der Waals surface area contributed by atoms with Crippen LogP contribution in [0.4, 0.5) is 0 Å². The number of hydrogen-bond donors (Lipinski definition) is 2. The molecule has 0 bridgehead atoms. The molecular weight excluding hydrogens is 260 g/mol. The van der Waals surface area contributed by atoms with Crippen molar-refractivity contribution in [3.05, 3.63) is 35.4 Å². The first-order valence-corrected chi connectivity index (χ1v) is 6.38. The minimum absolute atomic E-state index is 0.0903. The largest absolute Gasteiger partial charge is 0.480 e. The van der Waals surface area contributed by atoms with E-state index in [2.05, 4.69) is 5.32 Å². The third-order valence-electron chi connectivity index (χ3n) is 2.84. The maximum Gasteiger partial charge on any atom is 0.322 e. The van der Waals surface area contributed by atoms with Gasteiger partial charge in [-0.05, 0) is 38.1 Å². The molecule has 20 heavy (non-hydrogen) atoms. The van der Waals surface area contributed by atoms with Gasteiger partial charge in [0.1, 0.15) is 6.54 Å². The van der Waals surface area contributed by atoms with Gasteiger partial charge in [0.15, 0.2) is 0 Å². The first kappa shape index (κ1) is 15.7. The van der Waals surface area contributed by atoms with Crippen LogP contribution in [0.2, 0.25) is 0 Å². The predicted octanol–water partition coefficient (Wildman–Crippen LogP) is 0.983. The van der Waals surface area contributed by atoms with Crippen LogP contribution in [0.5, 0.6) is 0 Å². The molecule has 1 aromatic rings. The Morgan fingerprint density at radius 2 is 1.55 bits per heavy atom. The molecule has 0 unspecified atom stereocenters. The quantitative estimate of drug-likeness (QED) is 0.812. The van der Waals surface area contributed by atoms with Crippen LogP contribution < -0.4 is 5.32 Å². The molecule has 0 aromatic heterocycles. The number of carboxylic acids is 1. The van der Waals surface area contributed by atoms with Gasteiger partial charge in [0.05, 0.1) is 0 Å². The molecule has 0 aliphatic carbocycles. The second-order valence-corrected chi connectivity index (χ2v) is 4.13. The Hall–Kier alpha value is -2.37. The van der Waals surface area contributed by atoms with E-state index in [1.807, 2.05) is 13.8 Å². The van der Waals surface area contributed by atoms with Gasteiger partial charge in [-0.1, -0.05) is 0 Å². The zero-order valence-corrected chi connectivity index (χ0v) is 11.5. The topological polar surface area (TPSA) is 86.7 Å². The number of nitrogens with one attached hydrogen (secondary N) is 1. The first-order chi connectivity index (χ1) is 9.49. The number of aliphatic carboxylic acids is 1. The Kier molecular flexibility index (Phi) is 5.71. The van der Waals surface area contributed by atoms with Crippen molar-refractivity contribution < 1.29 is 19.5 Å². The maximum absolute atomic E-state index is 12.1. The van der Waals surface area contributed by atoms with E-state index in [1.165, 1.54) is 12.1 Å². The molecule has 1 aromatic carbocycles. The summed E-state index contributed by atoms with van der Waals surface area (Å²) < 4.78 is 0. The van der Waals surface area contributed by atoms with Crippen molar-refractivity contribution in [1.82, 2.24) is 10.2 Å². The minimum Gasteiger partial charge on any atom is -0.480 e. The molecule has 0 saturated heterocycles. The van der Waals surface area contributed by atoms with Crippen LogP contribution in [0.15, 0.2) is 24.3 Å². The van der Waals surface area contributed by atoms with Gasteiger partial charge in [-0.25, -0.2) is 0 Å². The minimum atomic E-state index is -1.10. The lowest BCUT2D eigenvalue weighted by molar-refractivity contribution is -0.135. The number of carboxylic acid groups (broad SMARTS) is 1. The molecule has 6 heteroatoms. The molecule has 0 heterocycles. The lowest BCUT2D eigenvalue weighted by Gasteiger charge is -2.18. The van der Waals surface area contributed by atoms with Crippen molar-refractivity contribution in [2.45, 2.75) is 13.8 Å². The van der Waals surface area contributed by atoms with Crippen molar-refractivity contribution in [2.75, 3.05) is 19.6 Å². The van der Waals surface area contributed by atoms with E-state index in [0.717, 1.165) is 0 Å². The van der Waals surface area contributed by atoms with E-state index in [-0.39, 0.29) is 5.91 Å². The smallest absolute Gasteiger partial charge is 0.322 e. The molecule has 6 nitrogen and oxygen atoms in total. The molecule has 0 radical (unpaired) electrons. The summed E-state index contributed by atoms with van der Waals surface area (Å²) in [5.41, 5.74) is 0.825. The lowest BCUT2D eigenvalue weighted by Crippen LogP contribution is -2.31. The Morgan fingerprint density at radius 1 is 1.05 bits per heavy atom. The first-order valence-electron chi connectivity index (χ1n) is 6.38. The van der Waals surface area contributed by atoms with E-state index >= 15 is 0 Å². The van der Waals surface area contributed by atoms with E-state index in [1.54, 1.807) is 17.0 Å². The number of carbonyl (C=O) groups excluding carboxylic acids is 2. The Balaban J connectivity index is 2.75. The van der Waals surface area contributed by atoms with Crippen molar-refractivity contribution in [3.63, 3.8) is 0 Å². The van der Waals surface area contributed by atoms with Crippen LogP contribution in [-0.2, 0) is 4.79 Å². The van der Waals surface area contributed by atoms with Gasteiger partial charge in [0.25, 0.3) is 11.8 Å². The van der Waals surface area contributed by atoms with Gasteiger partial charge >= 0.3 is 5.97 Å². The normalized spacial score (nSPS) is 9.90. The van der Waals surface area contributed by atoms with Gasteiger partial charge < -0.3 is 15.3 Å². The second-order valence-electron chi connectivity index (χ2n) is 4.13. The highest BCUT2D eigenvalue weighted by molar-refractivity contribution is 5.98. The van der Waals surface area contributed by atoms with Crippen molar-refractivity contribution in [1.29, 1.82) is 0 Å². The molecule has 0 aliphatic rings. The molecular formula is C14H18N2O4. The molecule has 0 atom stereocenters. The third-order valence-corrected chi connectivity index (χ3v) is 2.84. The monoisotopic (exact) mass is 278 g/mol. The van der Waals surface area contributed by atoms with E-state index in [4.69, 9.17) is 5.11 Å². The summed E-state index contributed by atoms with van der Waals surface area (Å²) >= 11 is 0. The highest BCUT2D eigenvalue weighted by Gasteiger charge is 2.13. The van der Waals surface area contributed by atoms with Crippen LogP contribution in [-0.4, -0.2) is 47.4 Å². The molecule has 0 fully saturated rings. The Morgan fingerprint density at radius 3 is 2.00 bits per heavy atom. The van der Waals surface area contributed by atoms with E-state index in [0.29, 0.717) is 24.2 Å². The number of hydrogen-bond acceptors (Lipinski definition) is 3. The Bertz CT molecular complexity index is 492. The van der Waals surface area contributed by atoms with Crippen molar-refractivity contribution >= 4 is 17.8 Å². The highest BCUT2D eigenvalue weighted by Crippen LogP contribution is 2.08. The van der Waals surface area contributed by atoms with Gasteiger partial charge in [-0.15, -0.1) is 0 Å². The van der Waals surface area contributed by atoms with Crippen LogP contribution in [0, 0.1) is 0 Å². The number of amides is 2. The van der Waals surface area contributed by atoms with Crippen molar-refractivity contribution in [3.8, 4) is 0 Å². The predicted molar refractivity (Wildman–Crippen MR) is 73.7 cm³/mol. The maximum atomic E-state index is 12.1. The van der Waals surface area contributed by atoms with Crippen LogP contribution >= 0.6 is 0 Å². The third kappa shape index (κ3) is 4.08. The fraction of sp³-hybridized carbons (Fsp3) is 0.357. The number of nitrogens with zero attached hydrogens (tertiary/aromatic N) is 1. The van der Waals surface area contributed by atoms with Crippen LogP contribution in [0.3, 0.4) is 0 Å². The van der Waals surface area contributed by atoms with E-state index in [9.17, 15) is 14.4 Å². The van der Waals surface area contributed by atoms with Crippen LogP contribution in [0.25, 0.3) is 0 Å². The Labute approximate surface area is 117 Å². The molecule has 2 N–H and O–H groups in total. The average molecular weight is 278 g/mol. The summed E-state index contributed by atoms with van der Waals surface area (Å²) in [5.74, 6) is -1.67. The summed E-state index contributed by atoms with van der Waals surface area (Å²) in [5, 5.41) is 10.7. The molecule has 0 spiro atoms. The molecule has 1 rings (SSSR count).